The molecule has 1 aromatic heterocycles. The number of ether oxygens (including phenoxy) is 1. The van der Waals surface area contributed by atoms with Crippen LogP contribution in [0.2, 0.25) is 0 Å². The molecule has 1 aliphatic rings. The van der Waals surface area contributed by atoms with E-state index in [4.69, 9.17) is 20.7 Å². The first-order valence-corrected chi connectivity index (χ1v) is 5.15. The maximum Gasteiger partial charge on any atom is 1.00 e. The van der Waals surface area contributed by atoms with Gasteiger partial charge in [0.2, 0.25) is 0 Å². The zero-order chi connectivity index (χ0) is 13.4. The van der Waals surface area contributed by atoms with Crippen LogP contribution in [0.1, 0.15) is 16.7 Å². The molecular formula is C9H13N3NaO6+. The summed E-state index contributed by atoms with van der Waals surface area (Å²) in [5.74, 6) is -1.50. The molecule has 0 aromatic carbocycles. The van der Waals surface area contributed by atoms with Crippen molar-refractivity contribution in [3.63, 3.8) is 0 Å². The van der Waals surface area contributed by atoms with Crippen molar-refractivity contribution in [1.82, 2.24) is 9.55 Å². The maximum absolute atomic E-state index is 10.8. The van der Waals surface area contributed by atoms with E-state index in [0.717, 1.165) is 10.9 Å². The number of rotatable bonds is 3. The maximum atomic E-state index is 10.8. The molecular weight excluding hydrogens is 269 g/mol. The molecule has 1 aliphatic heterocycles. The fraction of sp³-hybridized carbons (Fsp3) is 0.556. The summed E-state index contributed by atoms with van der Waals surface area (Å²) in [6.45, 7) is -0.477. The molecule has 0 aliphatic carbocycles. The van der Waals surface area contributed by atoms with E-state index in [2.05, 4.69) is 4.98 Å². The van der Waals surface area contributed by atoms with Gasteiger partial charge in [-0.3, -0.25) is 4.57 Å². The van der Waals surface area contributed by atoms with Gasteiger partial charge in [0.05, 0.1) is 12.9 Å². The van der Waals surface area contributed by atoms with E-state index < -0.39 is 37.1 Å². The average Bonchev–Trinajstić information content (AvgIpc) is 2.82. The van der Waals surface area contributed by atoms with Crippen molar-refractivity contribution >= 4 is 11.8 Å². The van der Waals surface area contributed by atoms with E-state index in [-0.39, 0.29) is 41.1 Å². The normalized spacial score (nSPS) is 30.1. The first-order valence-electron chi connectivity index (χ1n) is 5.15. The summed E-state index contributed by atoms with van der Waals surface area (Å²) >= 11 is 0. The Hall–Kier alpha value is -0.680. The Morgan fingerprint density at radius 2 is 2.11 bits per heavy atom. The molecule has 9 nitrogen and oxygen atoms in total. The average molecular weight is 282 g/mol. The van der Waals surface area contributed by atoms with Gasteiger partial charge in [0.25, 0.3) is 0 Å². The van der Waals surface area contributed by atoms with E-state index >= 15 is 0 Å². The second-order valence-electron chi connectivity index (χ2n) is 3.92. The molecule has 4 unspecified atom stereocenters. The summed E-state index contributed by atoms with van der Waals surface area (Å²) in [7, 11) is 0. The zero-order valence-electron chi connectivity index (χ0n) is 10.2. The Bertz CT molecular complexity index is 467. The van der Waals surface area contributed by atoms with Gasteiger partial charge in [-0.05, 0) is 0 Å². The minimum Gasteiger partial charge on any atom is -0.476 e. The molecule has 19 heavy (non-hydrogen) atoms. The standard InChI is InChI=1S/C9H13N3O6.Na/c10-7-4(9(16)17)11-2-12(7)8-6(15)5(14)3(1-13)18-8;/h2-3,5-6,8,13-15H,1,10H2,(H,16,17);/q;+1. The summed E-state index contributed by atoms with van der Waals surface area (Å²) in [6.07, 6.45) is -3.56. The van der Waals surface area contributed by atoms with Crippen LogP contribution in [0.3, 0.4) is 0 Å². The summed E-state index contributed by atoms with van der Waals surface area (Å²) < 4.78 is 6.30. The number of carboxylic acid groups (broad SMARTS) is 1. The van der Waals surface area contributed by atoms with Gasteiger partial charge < -0.3 is 30.9 Å². The molecule has 0 bridgehead atoms. The molecule has 2 rings (SSSR count). The van der Waals surface area contributed by atoms with Gasteiger partial charge in [-0.25, -0.2) is 9.78 Å². The summed E-state index contributed by atoms with van der Waals surface area (Å²) in [5, 5.41) is 37.0. The van der Waals surface area contributed by atoms with Crippen LogP contribution in [0.15, 0.2) is 6.33 Å². The molecule has 4 atom stereocenters. The number of hydrogen-bond donors (Lipinski definition) is 5. The van der Waals surface area contributed by atoms with Gasteiger partial charge in [0.15, 0.2) is 11.9 Å². The minimum absolute atomic E-state index is 0. The number of carbonyl (C=O) groups is 1. The van der Waals surface area contributed by atoms with Gasteiger partial charge in [-0.15, -0.1) is 0 Å². The number of anilines is 1. The van der Waals surface area contributed by atoms with Crippen LogP contribution in [0.25, 0.3) is 0 Å². The summed E-state index contributed by atoms with van der Waals surface area (Å²) in [5.41, 5.74) is 5.20. The number of aromatic nitrogens is 2. The quantitative estimate of drug-likeness (QED) is 0.345. The van der Waals surface area contributed by atoms with Crippen molar-refractivity contribution < 1.29 is 59.5 Å². The molecule has 0 spiro atoms. The van der Waals surface area contributed by atoms with E-state index in [1.807, 2.05) is 0 Å². The topological polar surface area (TPSA) is 151 Å². The van der Waals surface area contributed by atoms with Crippen molar-refractivity contribution in [1.29, 1.82) is 0 Å². The van der Waals surface area contributed by atoms with Crippen LogP contribution in [-0.4, -0.2) is 60.9 Å². The fourth-order valence-electron chi connectivity index (χ4n) is 1.85. The predicted molar refractivity (Wildman–Crippen MR) is 56.6 cm³/mol. The van der Waals surface area contributed by atoms with E-state index in [9.17, 15) is 15.0 Å². The van der Waals surface area contributed by atoms with E-state index in [1.54, 1.807) is 0 Å². The number of nitrogen functional groups attached to an aromatic ring is 1. The monoisotopic (exact) mass is 282 g/mol. The second-order valence-corrected chi connectivity index (χ2v) is 3.92. The van der Waals surface area contributed by atoms with E-state index in [1.165, 1.54) is 0 Å². The first-order chi connectivity index (χ1) is 8.47. The third-order valence-electron chi connectivity index (χ3n) is 2.83. The van der Waals surface area contributed by atoms with E-state index in [0.29, 0.717) is 0 Å². The van der Waals surface area contributed by atoms with Crippen molar-refractivity contribution in [2.45, 2.75) is 24.5 Å². The largest absolute Gasteiger partial charge is 1.00 e. The van der Waals surface area contributed by atoms with Crippen molar-refractivity contribution in [2.75, 3.05) is 12.3 Å². The second kappa shape index (κ2) is 6.18. The number of aromatic carboxylic acids is 1. The number of nitrogens with zero attached hydrogens (tertiary/aromatic N) is 2. The molecule has 0 amide bonds. The van der Waals surface area contributed by atoms with Crippen LogP contribution < -0.4 is 35.3 Å². The van der Waals surface area contributed by atoms with Crippen LogP contribution in [0.4, 0.5) is 5.82 Å². The Morgan fingerprint density at radius 3 is 2.53 bits per heavy atom. The van der Waals surface area contributed by atoms with Crippen LogP contribution >= 0.6 is 0 Å². The SMILES string of the molecule is Nc1c(C(=O)O)ncn1C1OC(CO)C(O)C1O.[Na+]. The van der Waals surface area contributed by atoms with Crippen molar-refractivity contribution in [3.8, 4) is 0 Å². The number of imidazole rings is 1. The van der Waals surface area contributed by atoms with Crippen molar-refractivity contribution in [3.05, 3.63) is 12.0 Å². The molecule has 1 fully saturated rings. The molecule has 2 heterocycles. The first kappa shape index (κ1) is 16.4. The molecule has 1 aromatic rings. The van der Waals surface area contributed by atoms with Gasteiger partial charge in [0.1, 0.15) is 24.1 Å². The van der Waals surface area contributed by atoms with Crippen molar-refractivity contribution in [2.24, 2.45) is 0 Å². The number of nitrogens with two attached hydrogens (primary N) is 1. The van der Waals surface area contributed by atoms with Crippen LogP contribution in [-0.2, 0) is 4.74 Å². The smallest absolute Gasteiger partial charge is 0.476 e. The minimum atomic E-state index is -1.33. The van der Waals surface area contributed by atoms with Gasteiger partial charge >= 0.3 is 35.5 Å². The molecule has 0 saturated carbocycles. The predicted octanol–water partition coefficient (Wildman–Crippen LogP) is -5.22. The third-order valence-corrected chi connectivity index (χ3v) is 2.83. The van der Waals surface area contributed by atoms with Gasteiger partial charge in [-0.2, -0.15) is 0 Å². The number of aliphatic hydroxyl groups is 3. The molecule has 0 radical (unpaired) electrons. The Kier molecular flexibility index (Phi) is 5.33. The van der Waals surface area contributed by atoms with Gasteiger partial charge in [0, 0.05) is 0 Å². The zero-order valence-corrected chi connectivity index (χ0v) is 12.2. The van der Waals surface area contributed by atoms with Crippen LogP contribution in [0, 0.1) is 0 Å². The summed E-state index contributed by atoms with van der Waals surface area (Å²) in [6, 6.07) is 0. The molecule has 1 saturated heterocycles. The Morgan fingerprint density at radius 1 is 1.47 bits per heavy atom. The summed E-state index contributed by atoms with van der Waals surface area (Å²) in [4.78, 5) is 14.3. The fourth-order valence-corrected chi connectivity index (χ4v) is 1.85. The molecule has 6 N–H and O–H groups in total. The van der Waals surface area contributed by atoms with Crippen LogP contribution in [0.5, 0.6) is 0 Å². The number of aliphatic hydroxyl groups excluding tert-OH is 3. The Labute approximate surface area is 129 Å². The molecule has 100 valence electrons. The third kappa shape index (κ3) is 2.77. The van der Waals surface area contributed by atoms with Gasteiger partial charge in [-0.1, -0.05) is 0 Å². The molecule has 10 heteroatoms. The number of hydrogen-bond acceptors (Lipinski definition) is 7. The number of carboxylic acids is 1. The Balaban J connectivity index is 0.00000180.